The number of aryl methyl sites for hydroxylation is 3. The minimum absolute atomic E-state index is 0.0354. The summed E-state index contributed by atoms with van der Waals surface area (Å²) in [5.74, 6) is 0. The van der Waals surface area contributed by atoms with Gasteiger partial charge < -0.3 is 0 Å². The number of aromatic nitrogens is 2. The molecule has 0 saturated carbocycles. The van der Waals surface area contributed by atoms with Crippen molar-refractivity contribution >= 4 is 5.69 Å². The highest BCUT2D eigenvalue weighted by Crippen LogP contribution is 2.12. The van der Waals surface area contributed by atoms with E-state index in [9.17, 15) is 19.7 Å². The van der Waals surface area contributed by atoms with Crippen LogP contribution in [0.25, 0.3) is 0 Å². The first-order valence-electron chi connectivity index (χ1n) is 6.57. The molecule has 0 radical (unpaired) electrons. The summed E-state index contributed by atoms with van der Waals surface area (Å²) < 4.78 is 1.45. The summed E-state index contributed by atoms with van der Waals surface area (Å²) in [6.07, 6.45) is 2.66. The fourth-order valence-electron chi connectivity index (χ4n) is 2.01. The van der Waals surface area contributed by atoms with Gasteiger partial charge in [0.25, 0.3) is 11.2 Å². The average Bonchev–Trinajstić information content (AvgIpc) is 2.47. The van der Waals surface area contributed by atoms with Crippen molar-refractivity contribution in [2.75, 3.05) is 0 Å². The van der Waals surface area contributed by atoms with Gasteiger partial charge in [0, 0.05) is 30.4 Å². The smallest absolute Gasteiger partial charge is 0.300 e. The SMILES string of the molecule is CCc1cn(CCc2ccc([N+](=O)[O-])cc2)c(=O)[nH]c1=O. The number of nitrogens with one attached hydrogen (secondary N) is 1. The summed E-state index contributed by atoms with van der Waals surface area (Å²) in [6, 6.07) is 6.19. The highest BCUT2D eigenvalue weighted by molar-refractivity contribution is 5.32. The summed E-state index contributed by atoms with van der Waals surface area (Å²) in [5.41, 5.74) is 0.677. The lowest BCUT2D eigenvalue weighted by Gasteiger charge is -2.06. The van der Waals surface area contributed by atoms with E-state index in [1.807, 2.05) is 6.92 Å². The van der Waals surface area contributed by atoms with Crippen LogP contribution in [0.15, 0.2) is 40.1 Å². The normalized spacial score (nSPS) is 10.5. The molecular formula is C14H15N3O4. The zero-order valence-corrected chi connectivity index (χ0v) is 11.5. The number of hydrogen-bond acceptors (Lipinski definition) is 4. The third-order valence-electron chi connectivity index (χ3n) is 3.25. The topological polar surface area (TPSA) is 98.0 Å². The number of aromatic amines is 1. The molecule has 0 aliphatic heterocycles. The van der Waals surface area contributed by atoms with Gasteiger partial charge in [0.2, 0.25) is 0 Å². The van der Waals surface area contributed by atoms with Crippen molar-refractivity contribution in [3.63, 3.8) is 0 Å². The van der Waals surface area contributed by atoms with Gasteiger partial charge in [-0.1, -0.05) is 19.1 Å². The Morgan fingerprint density at radius 3 is 2.48 bits per heavy atom. The predicted molar refractivity (Wildman–Crippen MR) is 77.5 cm³/mol. The lowest BCUT2D eigenvalue weighted by atomic mass is 10.1. The molecule has 0 unspecified atom stereocenters. The van der Waals surface area contributed by atoms with Crippen molar-refractivity contribution in [3.05, 3.63) is 72.5 Å². The minimum atomic E-state index is -0.455. The van der Waals surface area contributed by atoms with Crippen LogP contribution >= 0.6 is 0 Å². The van der Waals surface area contributed by atoms with Crippen molar-refractivity contribution < 1.29 is 4.92 Å². The molecule has 2 aromatic rings. The summed E-state index contributed by atoms with van der Waals surface area (Å²) in [7, 11) is 0. The predicted octanol–water partition coefficient (Wildman–Crippen LogP) is 1.25. The summed E-state index contributed by atoms with van der Waals surface area (Å²) in [4.78, 5) is 35.5. The average molecular weight is 289 g/mol. The van der Waals surface area contributed by atoms with Crippen LogP contribution in [0, 0.1) is 10.1 Å². The number of rotatable bonds is 5. The molecule has 0 aliphatic carbocycles. The molecule has 1 aromatic heterocycles. The summed E-state index contributed by atoms with van der Waals surface area (Å²) in [5, 5.41) is 10.6. The fourth-order valence-corrected chi connectivity index (χ4v) is 2.01. The number of benzene rings is 1. The van der Waals surface area contributed by atoms with Crippen molar-refractivity contribution in [2.24, 2.45) is 0 Å². The molecule has 0 amide bonds. The summed E-state index contributed by atoms with van der Waals surface area (Å²) in [6.45, 7) is 2.25. The van der Waals surface area contributed by atoms with Gasteiger partial charge in [-0.15, -0.1) is 0 Å². The molecule has 0 saturated heterocycles. The van der Waals surface area contributed by atoms with E-state index in [0.717, 1.165) is 5.56 Å². The van der Waals surface area contributed by atoms with Crippen molar-refractivity contribution in [2.45, 2.75) is 26.3 Å². The van der Waals surface area contributed by atoms with E-state index >= 15 is 0 Å². The van der Waals surface area contributed by atoms with Gasteiger partial charge in [-0.3, -0.25) is 24.5 Å². The first-order valence-corrected chi connectivity index (χ1v) is 6.57. The van der Waals surface area contributed by atoms with Crippen LogP contribution in [0.3, 0.4) is 0 Å². The molecule has 0 aliphatic rings. The Morgan fingerprint density at radius 2 is 1.90 bits per heavy atom. The fraction of sp³-hybridized carbons (Fsp3) is 0.286. The number of hydrogen-bond donors (Lipinski definition) is 1. The molecule has 7 nitrogen and oxygen atoms in total. The van der Waals surface area contributed by atoms with E-state index in [0.29, 0.717) is 24.9 Å². The maximum Gasteiger partial charge on any atom is 0.328 e. The Bertz CT molecular complexity index is 759. The third kappa shape index (κ3) is 3.44. The number of nitrogens with zero attached hydrogens (tertiary/aromatic N) is 2. The largest absolute Gasteiger partial charge is 0.328 e. The maximum atomic E-state index is 11.7. The minimum Gasteiger partial charge on any atom is -0.300 e. The Balaban J connectivity index is 2.14. The van der Waals surface area contributed by atoms with Crippen LogP contribution in [0.4, 0.5) is 5.69 Å². The number of non-ortho nitro benzene ring substituents is 1. The highest BCUT2D eigenvalue weighted by Gasteiger charge is 2.06. The van der Waals surface area contributed by atoms with E-state index in [1.54, 1.807) is 18.3 Å². The molecule has 0 bridgehead atoms. The van der Waals surface area contributed by atoms with Crippen molar-refractivity contribution in [3.8, 4) is 0 Å². The number of nitro benzene ring substituents is 1. The first kappa shape index (κ1) is 14.7. The molecule has 1 aromatic carbocycles. The molecule has 1 N–H and O–H groups in total. The second kappa shape index (κ2) is 6.17. The van der Waals surface area contributed by atoms with Crippen LogP contribution in [-0.2, 0) is 19.4 Å². The zero-order chi connectivity index (χ0) is 15.4. The van der Waals surface area contributed by atoms with Gasteiger partial charge in [-0.05, 0) is 18.4 Å². The molecule has 0 fully saturated rings. The summed E-state index contributed by atoms with van der Waals surface area (Å²) >= 11 is 0. The molecule has 110 valence electrons. The van der Waals surface area contributed by atoms with Crippen molar-refractivity contribution in [1.29, 1.82) is 0 Å². The highest BCUT2D eigenvalue weighted by atomic mass is 16.6. The van der Waals surface area contributed by atoms with Crippen LogP contribution in [0.5, 0.6) is 0 Å². The Morgan fingerprint density at radius 1 is 1.24 bits per heavy atom. The number of nitro groups is 1. The van der Waals surface area contributed by atoms with Crippen LogP contribution in [0.1, 0.15) is 18.1 Å². The van der Waals surface area contributed by atoms with E-state index in [4.69, 9.17) is 0 Å². The van der Waals surface area contributed by atoms with Gasteiger partial charge in [0.15, 0.2) is 0 Å². The van der Waals surface area contributed by atoms with Gasteiger partial charge in [0.1, 0.15) is 0 Å². The molecule has 7 heteroatoms. The van der Waals surface area contributed by atoms with Gasteiger partial charge >= 0.3 is 5.69 Å². The Kier molecular flexibility index (Phi) is 4.32. The zero-order valence-electron chi connectivity index (χ0n) is 11.5. The third-order valence-corrected chi connectivity index (χ3v) is 3.25. The van der Waals surface area contributed by atoms with Crippen molar-refractivity contribution in [1.82, 2.24) is 9.55 Å². The lowest BCUT2D eigenvalue weighted by molar-refractivity contribution is -0.384. The van der Waals surface area contributed by atoms with E-state index < -0.39 is 10.6 Å². The van der Waals surface area contributed by atoms with E-state index in [-0.39, 0.29) is 11.2 Å². The van der Waals surface area contributed by atoms with Gasteiger partial charge in [0.05, 0.1) is 4.92 Å². The molecular weight excluding hydrogens is 274 g/mol. The Labute approximate surface area is 120 Å². The molecule has 2 rings (SSSR count). The Hall–Kier alpha value is -2.70. The van der Waals surface area contributed by atoms with E-state index in [1.165, 1.54) is 16.7 Å². The first-order chi connectivity index (χ1) is 10.0. The van der Waals surface area contributed by atoms with Crippen LogP contribution in [-0.4, -0.2) is 14.5 Å². The van der Waals surface area contributed by atoms with Crippen LogP contribution < -0.4 is 11.2 Å². The standard InChI is InChI=1S/C14H15N3O4/c1-2-11-9-16(14(19)15-13(11)18)8-7-10-3-5-12(6-4-10)17(20)21/h3-6,9H,2,7-8H2,1H3,(H,15,18,19). The molecule has 1 heterocycles. The molecule has 0 spiro atoms. The van der Waals surface area contributed by atoms with Gasteiger partial charge in [-0.25, -0.2) is 4.79 Å². The van der Waals surface area contributed by atoms with E-state index in [2.05, 4.69) is 4.98 Å². The van der Waals surface area contributed by atoms with Crippen LogP contribution in [0.2, 0.25) is 0 Å². The quantitative estimate of drug-likeness (QED) is 0.661. The lowest BCUT2D eigenvalue weighted by Crippen LogP contribution is -2.32. The number of H-pyrrole nitrogens is 1. The molecule has 21 heavy (non-hydrogen) atoms. The second-order valence-corrected chi connectivity index (χ2v) is 4.63. The monoisotopic (exact) mass is 289 g/mol. The second-order valence-electron chi connectivity index (χ2n) is 4.63. The van der Waals surface area contributed by atoms with Gasteiger partial charge in [-0.2, -0.15) is 0 Å². The molecule has 0 atom stereocenters. The maximum absolute atomic E-state index is 11.7.